The summed E-state index contributed by atoms with van der Waals surface area (Å²) in [6, 6.07) is 0. The minimum Gasteiger partial charge on any atom is -0.465 e. The van der Waals surface area contributed by atoms with Crippen molar-refractivity contribution in [2.75, 3.05) is 6.61 Å². The number of hydrogen-bond acceptors (Lipinski definition) is 2. The lowest BCUT2D eigenvalue weighted by atomic mass is 9.84. The standard InChI is InChI=1S/C8H14O2/c1-3-4-8(2)5-6-10-7(8)9/h3-6H2,1-2H3. The van der Waals surface area contributed by atoms with Crippen LogP contribution in [-0.2, 0) is 9.53 Å². The Kier molecular flexibility index (Phi) is 1.97. The van der Waals surface area contributed by atoms with E-state index >= 15 is 0 Å². The fraction of sp³-hybridized carbons (Fsp3) is 0.875. The second-order valence-corrected chi connectivity index (χ2v) is 3.20. The van der Waals surface area contributed by atoms with Gasteiger partial charge in [-0.25, -0.2) is 0 Å². The Labute approximate surface area is 61.6 Å². The van der Waals surface area contributed by atoms with Gasteiger partial charge in [0.05, 0.1) is 12.0 Å². The largest absolute Gasteiger partial charge is 0.465 e. The summed E-state index contributed by atoms with van der Waals surface area (Å²) in [6.07, 6.45) is 2.93. The molecule has 1 heterocycles. The summed E-state index contributed by atoms with van der Waals surface area (Å²) in [5, 5.41) is 0. The summed E-state index contributed by atoms with van der Waals surface area (Å²) in [5.41, 5.74) is -0.158. The second kappa shape index (κ2) is 2.60. The van der Waals surface area contributed by atoms with Gasteiger partial charge in [0.1, 0.15) is 0 Å². The average molecular weight is 142 g/mol. The summed E-state index contributed by atoms with van der Waals surface area (Å²) >= 11 is 0. The molecule has 1 atom stereocenters. The molecule has 0 aromatic carbocycles. The Morgan fingerprint density at radius 1 is 1.70 bits per heavy atom. The van der Waals surface area contributed by atoms with Gasteiger partial charge >= 0.3 is 5.97 Å². The third-order valence-electron chi connectivity index (χ3n) is 2.18. The molecule has 1 aliphatic rings. The molecule has 0 aromatic heterocycles. The van der Waals surface area contributed by atoms with E-state index in [1.165, 1.54) is 0 Å². The number of carbonyl (C=O) groups excluding carboxylic acids is 1. The summed E-state index contributed by atoms with van der Waals surface area (Å²) < 4.78 is 4.88. The van der Waals surface area contributed by atoms with Crippen LogP contribution >= 0.6 is 0 Å². The van der Waals surface area contributed by atoms with Gasteiger partial charge in [0.25, 0.3) is 0 Å². The molecule has 1 unspecified atom stereocenters. The lowest BCUT2D eigenvalue weighted by Crippen LogP contribution is -2.21. The van der Waals surface area contributed by atoms with Crippen molar-refractivity contribution in [1.82, 2.24) is 0 Å². The zero-order valence-electron chi connectivity index (χ0n) is 6.64. The molecule has 0 aliphatic carbocycles. The Bertz CT molecular complexity index is 142. The summed E-state index contributed by atoms with van der Waals surface area (Å²) in [4.78, 5) is 11.1. The smallest absolute Gasteiger partial charge is 0.311 e. The molecule has 1 rings (SSSR count). The highest BCUT2D eigenvalue weighted by Crippen LogP contribution is 2.33. The van der Waals surface area contributed by atoms with Crippen LogP contribution in [0.2, 0.25) is 0 Å². The van der Waals surface area contributed by atoms with Crippen LogP contribution in [0.3, 0.4) is 0 Å². The van der Waals surface area contributed by atoms with Crippen molar-refractivity contribution in [2.24, 2.45) is 5.41 Å². The maximum Gasteiger partial charge on any atom is 0.311 e. The molecule has 0 saturated carbocycles. The first kappa shape index (κ1) is 7.58. The maximum absolute atomic E-state index is 11.1. The van der Waals surface area contributed by atoms with Gasteiger partial charge in [-0.2, -0.15) is 0 Å². The van der Waals surface area contributed by atoms with Gasteiger partial charge in [0, 0.05) is 0 Å². The van der Waals surface area contributed by atoms with Gasteiger partial charge in [-0.1, -0.05) is 13.3 Å². The molecule has 1 saturated heterocycles. The van der Waals surface area contributed by atoms with Gasteiger partial charge in [0.2, 0.25) is 0 Å². The molecule has 0 bridgehead atoms. The highest BCUT2D eigenvalue weighted by molar-refractivity contribution is 5.78. The zero-order valence-corrected chi connectivity index (χ0v) is 6.64. The average Bonchev–Trinajstić information content (AvgIpc) is 2.15. The molecule has 0 aromatic rings. The molecule has 2 heteroatoms. The van der Waals surface area contributed by atoms with Crippen LogP contribution in [0.1, 0.15) is 33.1 Å². The third kappa shape index (κ3) is 1.15. The van der Waals surface area contributed by atoms with E-state index in [0.717, 1.165) is 19.3 Å². The van der Waals surface area contributed by atoms with E-state index in [-0.39, 0.29) is 11.4 Å². The van der Waals surface area contributed by atoms with Crippen molar-refractivity contribution in [3.63, 3.8) is 0 Å². The Balaban J connectivity index is 2.57. The van der Waals surface area contributed by atoms with Crippen LogP contribution in [0.15, 0.2) is 0 Å². The summed E-state index contributed by atoms with van der Waals surface area (Å²) in [5.74, 6) is -0.00523. The maximum atomic E-state index is 11.1. The Hall–Kier alpha value is -0.530. The molecular formula is C8H14O2. The van der Waals surface area contributed by atoms with Crippen molar-refractivity contribution in [1.29, 1.82) is 0 Å². The molecule has 0 radical (unpaired) electrons. The number of rotatable bonds is 2. The molecule has 1 aliphatic heterocycles. The minimum absolute atomic E-state index is 0.00523. The first-order valence-electron chi connectivity index (χ1n) is 3.86. The summed E-state index contributed by atoms with van der Waals surface area (Å²) in [6.45, 7) is 4.71. The van der Waals surface area contributed by atoms with Crippen molar-refractivity contribution in [2.45, 2.75) is 33.1 Å². The van der Waals surface area contributed by atoms with Crippen LogP contribution in [0.4, 0.5) is 0 Å². The Morgan fingerprint density at radius 3 is 2.80 bits per heavy atom. The van der Waals surface area contributed by atoms with Crippen molar-refractivity contribution >= 4 is 5.97 Å². The van der Waals surface area contributed by atoms with E-state index in [4.69, 9.17) is 4.74 Å². The molecule has 0 amide bonds. The first-order chi connectivity index (χ1) is 4.69. The monoisotopic (exact) mass is 142 g/mol. The quantitative estimate of drug-likeness (QED) is 0.549. The zero-order chi connectivity index (χ0) is 7.61. The highest BCUT2D eigenvalue weighted by Gasteiger charge is 2.38. The SMILES string of the molecule is CCCC1(C)CCOC1=O. The van der Waals surface area contributed by atoms with E-state index in [9.17, 15) is 4.79 Å². The minimum atomic E-state index is -0.158. The molecular weight excluding hydrogens is 128 g/mol. The first-order valence-corrected chi connectivity index (χ1v) is 3.86. The van der Waals surface area contributed by atoms with Crippen LogP contribution in [-0.4, -0.2) is 12.6 Å². The predicted molar refractivity (Wildman–Crippen MR) is 38.6 cm³/mol. The fourth-order valence-corrected chi connectivity index (χ4v) is 1.42. The van der Waals surface area contributed by atoms with Crippen molar-refractivity contribution in [3.05, 3.63) is 0 Å². The lowest BCUT2D eigenvalue weighted by molar-refractivity contribution is -0.145. The van der Waals surface area contributed by atoms with Gasteiger partial charge in [0.15, 0.2) is 0 Å². The second-order valence-electron chi connectivity index (χ2n) is 3.20. The van der Waals surface area contributed by atoms with Gasteiger partial charge in [-0.3, -0.25) is 4.79 Å². The number of esters is 1. The van der Waals surface area contributed by atoms with Crippen LogP contribution in [0.25, 0.3) is 0 Å². The number of cyclic esters (lactones) is 1. The van der Waals surface area contributed by atoms with Crippen LogP contribution < -0.4 is 0 Å². The highest BCUT2D eigenvalue weighted by atomic mass is 16.5. The van der Waals surface area contributed by atoms with E-state index < -0.39 is 0 Å². The topological polar surface area (TPSA) is 26.3 Å². The van der Waals surface area contributed by atoms with Crippen molar-refractivity contribution < 1.29 is 9.53 Å². The number of ether oxygens (including phenoxy) is 1. The normalized spacial score (nSPS) is 32.4. The lowest BCUT2D eigenvalue weighted by Gasteiger charge is -2.16. The molecule has 58 valence electrons. The third-order valence-corrected chi connectivity index (χ3v) is 2.18. The predicted octanol–water partition coefficient (Wildman–Crippen LogP) is 1.74. The van der Waals surface area contributed by atoms with E-state index in [2.05, 4.69) is 6.92 Å². The van der Waals surface area contributed by atoms with Gasteiger partial charge < -0.3 is 4.74 Å². The Morgan fingerprint density at radius 2 is 2.40 bits per heavy atom. The molecule has 0 N–H and O–H groups in total. The van der Waals surface area contributed by atoms with Crippen LogP contribution in [0.5, 0.6) is 0 Å². The van der Waals surface area contributed by atoms with E-state index in [0.29, 0.717) is 6.61 Å². The number of carbonyl (C=O) groups is 1. The fourth-order valence-electron chi connectivity index (χ4n) is 1.42. The number of hydrogen-bond donors (Lipinski definition) is 0. The van der Waals surface area contributed by atoms with Crippen LogP contribution in [0, 0.1) is 5.41 Å². The van der Waals surface area contributed by atoms with Gasteiger partial charge in [-0.15, -0.1) is 0 Å². The van der Waals surface area contributed by atoms with E-state index in [1.54, 1.807) is 0 Å². The molecule has 2 nitrogen and oxygen atoms in total. The van der Waals surface area contributed by atoms with Crippen molar-refractivity contribution in [3.8, 4) is 0 Å². The van der Waals surface area contributed by atoms with E-state index in [1.807, 2.05) is 6.92 Å². The molecule has 10 heavy (non-hydrogen) atoms. The molecule has 1 fully saturated rings. The summed E-state index contributed by atoms with van der Waals surface area (Å²) in [7, 11) is 0. The van der Waals surface area contributed by atoms with Gasteiger partial charge in [-0.05, 0) is 19.8 Å². The molecule has 0 spiro atoms.